The maximum atomic E-state index is 13.7. The molecule has 0 unspecified atom stereocenters. The molecule has 3 aromatic heterocycles. The third-order valence-corrected chi connectivity index (χ3v) is 6.59. The fourth-order valence-corrected chi connectivity index (χ4v) is 5.02. The fraction of sp³-hybridized carbons (Fsp3) is 0.522. The summed E-state index contributed by atoms with van der Waals surface area (Å²) < 4.78 is 17.5. The van der Waals surface area contributed by atoms with E-state index in [2.05, 4.69) is 4.40 Å². The minimum absolute atomic E-state index is 0.0334. The minimum Gasteiger partial charge on any atom is -0.298 e. The maximum Gasteiger partial charge on any atom is 0.267 e. The van der Waals surface area contributed by atoms with Crippen molar-refractivity contribution in [1.29, 1.82) is 0 Å². The SMILES string of the molecule is O=c1ccc(-c2c(C3CCC(F)CC3)nc3ccccn23)nn1C1CCCCC1. The predicted octanol–water partition coefficient (Wildman–Crippen LogP) is 5.06. The third-order valence-electron chi connectivity index (χ3n) is 6.59. The summed E-state index contributed by atoms with van der Waals surface area (Å²) in [5, 5.41) is 4.83. The molecule has 3 heterocycles. The number of hydrogen-bond acceptors (Lipinski definition) is 3. The Bertz CT molecular complexity index is 1060. The number of rotatable bonds is 3. The number of imidazole rings is 1. The van der Waals surface area contributed by atoms with E-state index < -0.39 is 6.17 Å². The first-order chi connectivity index (χ1) is 14.2. The van der Waals surface area contributed by atoms with Gasteiger partial charge in [0.1, 0.15) is 17.5 Å². The minimum atomic E-state index is -0.696. The molecule has 152 valence electrons. The van der Waals surface area contributed by atoms with Crippen LogP contribution in [0.2, 0.25) is 0 Å². The quantitative estimate of drug-likeness (QED) is 0.624. The first-order valence-electron chi connectivity index (χ1n) is 10.9. The van der Waals surface area contributed by atoms with Crippen LogP contribution in [0.5, 0.6) is 0 Å². The molecule has 2 aliphatic carbocycles. The van der Waals surface area contributed by atoms with Gasteiger partial charge in [-0.25, -0.2) is 14.1 Å². The summed E-state index contributed by atoms with van der Waals surface area (Å²) in [6.45, 7) is 0. The molecule has 0 amide bonds. The van der Waals surface area contributed by atoms with Crippen molar-refractivity contribution in [2.45, 2.75) is 75.9 Å². The summed E-state index contributed by atoms with van der Waals surface area (Å²) >= 11 is 0. The zero-order valence-electron chi connectivity index (χ0n) is 16.6. The van der Waals surface area contributed by atoms with Crippen molar-refractivity contribution >= 4 is 5.65 Å². The van der Waals surface area contributed by atoms with E-state index in [-0.39, 0.29) is 17.5 Å². The normalized spacial score (nSPS) is 23.5. The van der Waals surface area contributed by atoms with Crippen molar-refractivity contribution in [3.8, 4) is 11.4 Å². The smallest absolute Gasteiger partial charge is 0.267 e. The summed E-state index contributed by atoms with van der Waals surface area (Å²) in [6.07, 6.45) is 9.65. The average molecular weight is 394 g/mol. The molecule has 0 radical (unpaired) electrons. The third kappa shape index (κ3) is 3.49. The number of alkyl halides is 1. The van der Waals surface area contributed by atoms with Gasteiger partial charge in [0.15, 0.2) is 0 Å². The standard InChI is InChI=1S/C23H27FN4O/c24-17-11-9-16(10-12-17)22-23(27-15-5-4-8-20(27)25-22)19-13-14-21(29)28(26-19)18-6-2-1-3-7-18/h4-5,8,13-18H,1-3,6-7,9-12H2. The van der Waals surface area contributed by atoms with Crippen molar-refractivity contribution in [2.24, 2.45) is 0 Å². The highest BCUT2D eigenvalue weighted by molar-refractivity contribution is 5.64. The fourth-order valence-electron chi connectivity index (χ4n) is 5.02. The molecule has 5 nitrogen and oxygen atoms in total. The van der Waals surface area contributed by atoms with Crippen molar-refractivity contribution in [3.63, 3.8) is 0 Å². The Kier molecular flexibility index (Phi) is 4.94. The first-order valence-corrected chi connectivity index (χ1v) is 10.9. The van der Waals surface area contributed by atoms with E-state index in [9.17, 15) is 9.18 Å². The molecular weight excluding hydrogens is 367 g/mol. The Morgan fingerprint density at radius 1 is 0.931 bits per heavy atom. The van der Waals surface area contributed by atoms with Gasteiger partial charge in [-0.15, -0.1) is 0 Å². The van der Waals surface area contributed by atoms with Crippen LogP contribution in [0.3, 0.4) is 0 Å². The van der Waals surface area contributed by atoms with Crippen molar-refractivity contribution < 1.29 is 4.39 Å². The molecule has 0 bridgehead atoms. The van der Waals surface area contributed by atoms with Crippen LogP contribution in [-0.4, -0.2) is 25.3 Å². The molecule has 2 saturated carbocycles. The van der Waals surface area contributed by atoms with Crippen LogP contribution in [0.4, 0.5) is 4.39 Å². The van der Waals surface area contributed by atoms with Gasteiger partial charge in [0.05, 0.1) is 17.4 Å². The van der Waals surface area contributed by atoms with Gasteiger partial charge in [0, 0.05) is 18.2 Å². The Labute approximate surface area is 169 Å². The molecule has 0 N–H and O–H groups in total. The lowest BCUT2D eigenvalue weighted by Crippen LogP contribution is -2.28. The molecule has 29 heavy (non-hydrogen) atoms. The van der Waals surface area contributed by atoms with Gasteiger partial charge in [-0.3, -0.25) is 9.20 Å². The number of nitrogens with zero attached hydrogens (tertiary/aromatic N) is 4. The lowest BCUT2D eigenvalue weighted by Gasteiger charge is -2.24. The predicted molar refractivity (Wildman–Crippen MR) is 111 cm³/mol. The monoisotopic (exact) mass is 394 g/mol. The van der Waals surface area contributed by atoms with Crippen molar-refractivity contribution in [3.05, 3.63) is 52.6 Å². The summed E-state index contributed by atoms with van der Waals surface area (Å²) in [5.41, 5.74) is 3.56. The van der Waals surface area contributed by atoms with Gasteiger partial charge >= 0.3 is 0 Å². The van der Waals surface area contributed by atoms with Gasteiger partial charge in [0.25, 0.3) is 5.56 Å². The molecule has 2 aliphatic rings. The van der Waals surface area contributed by atoms with Gasteiger partial charge < -0.3 is 0 Å². The topological polar surface area (TPSA) is 52.2 Å². The second-order valence-corrected chi connectivity index (χ2v) is 8.52. The van der Waals surface area contributed by atoms with Gasteiger partial charge in [0.2, 0.25) is 0 Å². The number of hydrogen-bond donors (Lipinski definition) is 0. The summed E-state index contributed by atoms with van der Waals surface area (Å²) in [4.78, 5) is 17.5. The Balaban J connectivity index is 1.62. The van der Waals surface area contributed by atoms with E-state index in [1.807, 2.05) is 30.5 Å². The molecule has 2 fully saturated rings. The molecule has 0 atom stereocenters. The van der Waals surface area contributed by atoms with Crippen LogP contribution >= 0.6 is 0 Å². The Morgan fingerprint density at radius 3 is 2.52 bits per heavy atom. The van der Waals surface area contributed by atoms with Crippen LogP contribution in [0.1, 0.15) is 75.4 Å². The van der Waals surface area contributed by atoms with E-state index in [1.54, 1.807) is 10.7 Å². The molecule has 6 heteroatoms. The first kappa shape index (κ1) is 18.5. The van der Waals surface area contributed by atoms with Crippen molar-refractivity contribution in [1.82, 2.24) is 19.2 Å². The maximum absolute atomic E-state index is 13.7. The van der Waals surface area contributed by atoms with E-state index >= 15 is 0 Å². The van der Waals surface area contributed by atoms with Crippen LogP contribution < -0.4 is 5.56 Å². The van der Waals surface area contributed by atoms with Gasteiger partial charge in [-0.1, -0.05) is 25.3 Å². The molecule has 0 aliphatic heterocycles. The van der Waals surface area contributed by atoms with Gasteiger partial charge in [-0.05, 0) is 56.7 Å². The van der Waals surface area contributed by atoms with E-state index in [0.29, 0.717) is 12.8 Å². The van der Waals surface area contributed by atoms with Crippen LogP contribution in [-0.2, 0) is 0 Å². The molecule has 0 saturated heterocycles. The largest absolute Gasteiger partial charge is 0.298 e. The summed E-state index contributed by atoms with van der Waals surface area (Å²) in [6, 6.07) is 9.60. The average Bonchev–Trinajstić information content (AvgIpc) is 3.15. The Morgan fingerprint density at radius 2 is 1.72 bits per heavy atom. The lowest BCUT2D eigenvalue weighted by molar-refractivity contribution is 0.234. The highest BCUT2D eigenvalue weighted by Crippen LogP contribution is 2.38. The molecule has 0 aromatic carbocycles. The van der Waals surface area contributed by atoms with Crippen molar-refractivity contribution in [2.75, 3.05) is 0 Å². The van der Waals surface area contributed by atoms with E-state index in [0.717, 1.165) is 61.3 Å². The highest BCUT2D eigenvalue weighted by atomic mass is 19.1. The number of pyridine rings is 1. The molecule has 3 aromatic rings. The molecule has 5 rings (SSSR count). The van der Waals surface area contributed by atoms with E-state index in [4.69, 9.17) is 10.1 Å². The second-order valence-electron chi connectivity index (χ2n) is 8.52. The molecular formula is C23H27FN4O. The highest BCUT2D eigenvalue weighted by Gasteiger charge is 2.28. The number of aromatic nitrogens is 4. The second kappa shape index (κ2) is 7.73. The molecule has 0 spiro atoms. The summed E-state index contributed by atoms with van der Waals surface area (Å²) in [5.74, 6) is 0.230. The van der Waals surface area contributed by atoms with Crippen LogP contribution in [0.25, 0.3) is 17.0 Å². The lowest BCUT2D eigenvalue weighted by atomic mass is 9.85. The van der Waals surface area contributed by atoms with Gasteiger partial charge in [-0.2, -0.15) is 5.10 Å². The zero-order chi connectivity index (χ0) is 19.8. The van der Waals surface area contributed by atoms with Crippen LogP contribution in [0.15, 0.2) is 41.3 Å². The van der Waals surface area contributed by atoms with Crippen LogP contribution in [0, 0.1) is 0 Å². The number of fused-ring (bicyclic) bond motifs is 1. The summed E-state index contributed by atoms with van der Waals surface area (Å²) in [7, 11) is 0. The Hall–Kier alpha value is -2.50. The van der Waals surface area contributed by atoms with E-state index in [1.165, 1.54) is 6.42 Å². The number of halogens is 1. The zero-order valence-corrected chi connectivity index (χ0v) is 16.6.